The first kappa shape index (κ1) is 11.7. The van der Waals surface area contributed by atoms with Crippen molar-refractivity contribution >= 4 is 11.1 Å². The van der Waals surface area contributed by atoms with Gasteiger partial charge in [0, 0.05) is 12.6 Å². The second-order valence-electron chi connectivity index (χ2n) is 5.09. The van der Waals surface area contributed by atoms with Gasteiger partial charge in [0.05, 0.1) is 5.41 Å². The maximum absolute atomic E-state index is 13.2. The molecule has 2 aromatic rings. The molecule has 1 aromatic carbocycles. The topological polar surface area (TPSA) is 38.1 Å². The van der Waals surface area contributed by atoms with Crippen LogP contribution in [0.5, 0.6) is 0 Å². The van der Waals surface area contributed by atoms with Gasteiger partial charge in [-0.2, -0.15) is 0 Å². The minimum absolute atomic E-state index is 0.00968. The number of aromatic nitrogens is 1. The van der Waals surface area contributed by atoms with Crippen LogP contribution in [0.1, 0.15) is 32.1 Å². The number of oxazole rings is 1. The Hall–Kier alpha value is -1.42. The van der Waals surface area contributed by atoms with Crippen molar-refractivity contribution in [3.05, 3.63) is 29.9 Å². The Morgan fingerprint density at radius 1 is 1.50 bits per heavy atom. The Morgan fingerprint density at radius 2 is 2.39 bits per heavy atom. The third-order valence-corrected chi connectivity index (χ3v) is 3.78. The molecule has 0 saturated carbocycles. The molecule has 1 unspecified atom stereocenters. The van der Waals surface area contributed by atoms with Crippen LogP contribution in [-0.4, -0.2) is 18.1 Å². The largest absolute Gasteiger partial charge is 0.440 e. The quantitative estimate of drug-likeness (QED) is 0.907. The van der Waals surface area contributed by atoms with Gasteiger partial charge in [-0.3, -0.25) is 0 Å². The number of benzene rings is 1. The van der Waals surface area contributed by atoms with Crippen LogP contribution in [0, 0.1) is 5.82 Å². The molecule has 2 heterocycles. The average molecular weight is 248 g/mol. The van der Waals surface area contributed by atoms with E-state index in [1.54, 1.807) is 6.07 Å². The minimum Gasteiger partial charge on any atom is -0.440 e. The first-order valence-corrected chi connectivity index (χ1v) is 6.51. The molecule has 18 heavy (non-hydrogen) atoms. The van der Waals surface area contributed by atoms with Gasteiger partial charge in [0.25, 0.3) is 0 Å². The minimum atomic E-state index is -0.267. The van der Waals surface area contributed by atoms with Crippen molar-refractivity contribution in [2.45, 2.75) is 31.6 Å². The third-order valence-electron chi connectivity index (χ3n) is 3.78. The normalized spacial score (nSPS) is 23.9. The van der Waals surface area contributed by atoms with Gasteiger partial charge >= 0.3 is 0 Å². The molecule has 0 spiro atoms. The van der Waals surface area contributed by atoms with E-state index in [2.05, 4.69) is 17.2 Å². The lowest BCUT2D eigenvalue weighted by Gasteiger charge is -2.23. The summed E-state index contributed by atoms with van der Waals surface area (Å²) in [5.41, 5.74) is 1.28. The lowest BCUT2D eigenvalue weighted by Crippen LogP contribution is -2.29. The van der Waals surface area contributed by atoms with Gasteiger partial charge in [-0.05, 0) is 31.5 Å². The van der Waals surface area contributed by atoms with Crippen LogP contribution in [0.4, 0.5) is 4.39 Å². The Balaban J connectivity index is 2.06. The van der Waals surface area contributed by atoms with Gasteiger partial charge in [0.15, 0.2) is 5.58 Å². The molecule has 4 heteroatoms. The maximum atomic E-state index is 13.2. The molecular weight excluding hydrogens is 231 g/mol. The standard InChI is InChI=1S/C14H17FN2O/c1-2-5-14(6-7-16-9-14)13-17-11-8-10(15)3-4-12(11)18-13/h3-4,8,16H,2,5-7,9H2,1H3. The SMILES string of the molecule is CCCC1(c2nc3cc(F)ccc3o2)CCNC1. The Bertz CT molecular complexity index is 558. The summed E-state index contributed by atoms with van der Waals surface area (Å²) < 4.78 is 19.0. The van der Waals surface area contributed by atoms with E-state index in [4.69, 9.17) is 4.42 Å². The molecular formula is C14H17FN2O. The molecule has 1 fully saturated rings. The van der Waals surface area contributed by atoms with Crippen LogP contribution in [-0.2, 0) is 5.41 Å². The van der Waals surface area contributed by atoms with Crippen molar-refractivity contribution < 1.29 is 8.81 Å². The van der Waals surface area contributed by atoms with E-state index >= 15 is 0 Å². The van der Waals surface area contributed by atoms with Gasteiger partial charge in [0.2, 0.25) is 5.89 Å². The predicted molar refractivity (Wildman–Crippen MR) is 68.0 cm³/mol. The van der Waals surface area contributed by atoms with Crippen molar-refractivity contribution in [3.63, 3.8) is 0 Å². The smallest absolute Gasteiger partial charge is 0.203 e. The summed E-state index contributed by atoms with van der Waals surface area (Å²) in [6.07, 6.45) is 3.18. The summed E-state index contributed by atoms with van der Waals surface area (Å²) in [5.74, 6) is 0.492. The number of nitrogens with one attached hydrogen (secondary N) is 1. The number of halogens is 1. The highest BCUT2D eigenvalue weighted by molar-refractivity contribution is 5.72. The lowest BCUT2D eigenvalue weighted by atomic mass is 9.82. The molecule has 1 aliphatic heterocycles. The highest BCUT2D eigenvalue weighted by atomic mass is 19.1. The zero-order valence-corrected chi connectivity index (χ0v) is 10.5. The fraction of sp³-hybridized carbons (Fsp3) is 0.500. The Morgan fingerprint density at radius 3 is 3.11 bits per heavy atom. The number of hydrogen-bond donors (Lipinski definition) is 1. The van der Waals surface area contributed by atoms with Gasteiger partial charge in [-0.15, -0.1) is 0 Å². The monoisotopic (exact) mass is 248 g/mol. The molecule has 1 N–H and O–H groups in total. The van der Waals surface area contributed by atoms with Crippen LogP contribution in [0.15, 0.2) is 22.6 Å². The summed E-state index contributed by atoms with van der Waals surface area (Å²) in [6.45, 7) is 4.06. The first-order chi connectivity index (χ1) is 8.73. The molecule has 3 nitrogen and oxygen atoms in total. The molecule has 1 aliphatic rings. The number of fused-ring (bicyclic) bond motifs is 1. The lowest BCUT2D eigenvalue weighted by molar-refractivity contribution is 0.331. The zero-order valence-electron chi connectivity index (χ0n) is 10.5. The van der Waals surface area contributed by atoms with Crippen LogP contribution >= 0.6 is 0 Å². The zero-order chi connectivity index (χ0) is 12.6. The fourth-order valence-corrected chi connectivity index (χ4v) is 2.85. The van der Waals surface area contributed by atoms with E-state index in [1.807, 2.05) is 0 Å². The van der Waals surface area contributed by atoms with Gasteiger partial charge in [-0.25, -0.2) is 9.37 Å². The predicted octanol–water partition coefficient (Wildman–Crippen LogP) is 3.00. The molecule has 0 amide bonds. The van der Waals surface area contributed by atoms with Crippen LogP contribution in [0.2, 0.25) is 0 Å². The van der Waals surface area contributed by atoms with E-state index in [0.29, 0.717) is 11.1 Å². The molecule has 1 saturated heterocycles. The van der Waals surface area contributed by atoms with Gasteiger partial charge < -0.3 is 9.73 Å². The third kappa shape index (κ3) is 1.81. The fourth-order valence-electron chi connectivity index (χ4n) is 2.85. The van der Waals surface area contributed by atoms with E-state index in [0.717, 1.165) is 38.2 Å². The molecule has 0 bridgehead atoms. The number of hydrogen-bond acceptors (Lipinski definition) is 3. The summed E-state index contributed by atoms with van der Waals surface area (Å²) in [5, 5.41) is 3.38. The summed E-state index contributed by atoms with van der Waals surface area (Å²) >= 11 is 0. The second-order valence-corrected chi connectivity index (χ2v) is 5.09. The van der Waals surface area contributed by atoms with Crippen molar-refractivity contribution in [1.82, 2.24) is 10.3 Å². The summed E-state index contributed by atoms with van der Waals surface area (Å²) in [6, 6.07) is 4.50. The number of rotatable bonds is 3. The molecule has 96 valence electrons. The summed E-state index contributed by atoms with van der Waals surface area (Å²) in [4.78, 5) is 4.50. The van der Waals surface area contributed by atoms with Crippen LogP contribution in [0.25, 0.3) is 11.1 Å². The van der Waals surface area contributed by atoms with Crippen LogP contribution < -0.4 is 5.32 Å². The molecule has 0 aliphatic carbocycles. The van der Waals surface area contributed by atoms with Crippen molar-refractivity contribution in [2.75, 3.05) is 13.1 Å². The van der Waals surface area contributed by atoms with Gasteiger partial charge in [-0.1, -0.05) is 13.3 Å². The molecule has 0 radical (unpaired) electrons. The maximum Gasteiger partial charge on any atom is 0.203 e. The van der Waals surface area contributed by atoms with E-state index in [1.165, 1.54) is 12.1 Å². The Labute approximate surface area is 105 Å². The average Bonchev–Trinajstić information content (AvgIpc) is 2.95. The van der Waals surface area contributed by atoms with E-state index < -0.39 is 0 Å². The van der Waals surface area contributed by atoms with E-state index in [-0.39, 0.29) is 11.2 Å². The first-order valence-electron chi connectivity index (χ1n) is 6.51. The van der Waals surface area contributed by atoms with Crippen molar-refractivity contribution in [1.29, 1.82) is 0 Å². The van der Waals surface area contributed by atoms with E-state index in [9.17, 15) is 4.39 Å². The van der Waals surface area contributed by atoms with Crippen molar-refractivity contribution in [3.8, 4) is 0 Å². The Kier molecular flexibility index (Phi) is 2.82. The highest BCUT2D eigenvalue weighted by Gasteiger charge is 2.39. The number of nitrogens with zero attached hydrogens (tertiary/aromatic N) is 1. The molecule has 1 aromatic heterocycles. The second kappa shape index (κ2) is 4.35. The van der Waals surface area contributed by atoms with Crippen molar-refractivity contribution in [2.24, 2.45) is 0 Å². The summed E-state index contributed by atoms with van der Waals surface area (Å²) in [7, 11) is 0. The van der Waals surface area contributed by atoms with Gasteiger partial charge in [0.1, 0.15) is 11.3 Å². The van der Waals surface area contributed by atoms with Crippen LogP contribution in [0.3, 0.4) is 0 Å². The molecule has 1 atom stereocenters. The molecule has 3 rings (SSSR count). The highest BCUT2D eigenvalue weighted by Crippen LogP contribution is 2.36.